The number of carbonyl (C=O) groups excluding carboxylic acids is 1. The third-order valence-corrected chi connectivity index (χ3v) is 10.3. The molecule has 2 aromatic rings. The van der Waals surface area contributed by atoms with Gasteiger partial charge in [-0.25, -0.2) is 18.9 Å². The molecule has 1 unspecified atom stereocenters. The number of carbonyl (C=O) groups is 1. The van der Waals surface area contributed by atoms with Crippen LogP contribution in [0.3, 0.4) is 0 Å². The van der Waals surface area contributed by atoms with Crippen molar-refractivity contribution in [1.29, 1.82) is 0 Å². The summed E-state index contributed by atoms with van der Waals surface area (Å²) in [5, 5.41) is 2.96. The summed E-state index contributed by atoms with van der Waals surface area (Å²) in [6.07, 6.45) is 1.72. The summed E-state index contributed by atoms with van der Waals surface area (Å²) in [7, 11) is -3.75. The summed E-state index contributed by atoms with van der Waals surface area (Å²) in [6.45, 7) is 5.99. The minimum atomic E-state index is -3.75. The lowest BCUT2D eigenvalue weighted by Gasteiger charge is -2.40. The number of hydrogen-bond acceptors (Lipinski definition) is 9. The van der Waals surface area contributed by atoms with Crippen molar-refractivity contribution in [1.82, 2.24) is 19.3 Å². The maximum absolute atomic E-state index is 14.4. The summed E-state index contributed by atoms with van der Waals surface area (Å²) >= 11 is 1.33. The van der Waals surface area contributed by atoms with Crippen LogP contribution in [0.4, 0.5) is 10.2 Å². The van der Waals surface area contributed by atoms with E-state index in [0.717, 1.165) is 23.6 Å². The Balaban J connectivity index is 1.46. The third-order valence-electron chi connectivity index (χ3n) is 6.68. The zero-order valence-corrected chi connectivity index (χ0v) is 24.0. The van der Waals surface area contributed by atoms with E-state index in [0.29, 0.717) is 24.8 Å². The molecule has 0 radical (unpaired) electrons. The fourth-order valence-electron chi connectivity index (χ4n) is 4.59. The molecule has 39 heavy (non-hydrogen) atoms. The summed E-state index contributed by atoms with van der Waals surface area (Å²) in [4.78, 5) is 28.3. The fourth-order valence-corrected chi connectivity index (χ4v) is 7.94. The van der Waals surface area contributed by atoms with Crippen LogP contribution in [-0.2, 0) is 23.4 Å². The van der Waals surface area contributed by atoms with Crippen molar-refractivity contribution in [2.75, 3.05) is 37.8 Å². The summed E-state index contributed by atoms with van der Waals surface area (Å²) < 4.78 is 48.2. The van der Waals surface area contributed by atoms with Gasteiger partial charge >= 0.3 is 19.3 Å². The normalized spacial score (nSPS) is 22.5. The number of nitrogens with one attached hydrogen (secondary N) is 1. The van der Waals surface area contributed by atoms with E-state index in [4.69, 9.17) is 19.7 Å². The third kappa shape index (κ3) is 7.08. The molecule has 2 aliphatic heterocycles. The second kappa shape index (κ2) is 12.5. The van der Waals surface area contributed by atoms with E-state index < -0.39 is 48.2 Å². The number of piperidine rings is 1. The smallest absolute Gasteiger partial charge is 0.351 e. The highest BCUT2D eigenvalue weighted by Crippen LogP contribution is 2.52. The molecule has 4 rings (SSSR count). The fraction of sp³-hybridized carbons (Fsp3) is 0.560. The monoisotopic (exact) mass is 583 g/mol. The Morgan fingerprint density at radius 1 is 1.31 bits per heavy atom. The molecule has 3 N–H and O–H groups in total. The first-order chi connectivity index (χ1) is 18.5. The van der Waals surface area contributed by atoms with E-state index in [2.05, 4.69) is 22.2 Å². The van der Waals surface area contributed by atoms with Crippen LogP contribution < -0.4 is 16.5 Å². The van der Waals surface area contributed by atoms with E-state index in [9.17, 15) is 18.5 Å². The number of benzene rings is 1. The molecule has 0 spiro atoms. The van der Waals surface area contributed by atoms with Crippen LogP contribution in [0.5, 0.6) is 0 Å². The predicted molar refractivity (Wildman–Crippen MR) is 147 cm³/mol. The van der Waals surface area contributed by atoms with Gasteiger partial charge in [-0.1, -0.05) is 30.3 Å². The van der Waals surface area contributed by atoms with Gasteiger partial charge in [0, 0.05) is 18.8 Å². The van der Waals surface area contributed by atoms with Crippen LogP contribution in [0.2, 0.25) is 0 Å². The van der Waals surface area contributed by atoms with E-state index in [-0.39, 0.29) is 13.2 Å². The molecular weight excluding hydrogens is 548 g/mol. The number of nitrogens with two attached hydrogens (primary N) is 1. The van der Waals surface area contributed by atoms with Crippen molar-refractivity contribution in [3.05, 3.63) is 58.4 Å². The zero-order chi connectivity index (χ0) is 28.2. The highest BCUT2D eigenvalue weighted by atomic mass is 32.2. The number of nitrogens with zero attached hydrogens (tertiary/aromatic N) is 3. The van der Waals surface area contributed by atoms with Gasteiger partial charge in [0.05, 0.1) is 19.4 Å². The molecule has 0 bridgehead atoms. The van der Waals surface area contributed by atoms with Crippen molar-refractivity contribution >= 4 is 31.2 Å². The first kappa shape index (κ1) is 29.7. The van der Waals surface area contributed by atoms with Gasteiger partial charge in [-0.05, 0) is 45.1 Å². The molecule has 2 fully saturated rings. The molecule has 0 saturated carbocycles. The molecule has 14 heteroatoms. The average Bonchev–Trinajstić information content (AvgIpc) is 3.39. The topological polar surface area (TPSA) is 138 Å². The number of esters is 1. The Bertz CT molecular complexity index is 1260. The lowest BCUT2D eigenvalue weighted by atomic mass is 9.90. The van der Waals surface area contributed by atoms with E-state index >= 15 is 0 Å². The van der Waals surface area contributed by atoms with Crippen LogP contribution in [0, 0.1) is 5.82 Å². The lowest BCUT2D eigenvalue weighted by molar-refractivity contribution is -0.149. The van der Waals surface area contributed by atoms with Crippen LogP contribution in [-0.4, -0.2) is 63.2 Å². The Kier molecular flexibility index (Phi) is 9.51. The molecule has 11 nitrogen and oxygen atoms in total. The summed E-state index contributed by atoms with van der Waals surface area (Å²) in [6, 6.07) is 10.2. The van der Waals surface area contributed by atoms with Gasteiger partial charge in [0.1, 0.15) is 17.2 Å². The SMILES string of the molecule is CCOC(=O)C(C)(C)NP(=O)(OC[C@@H]1O[C@H](n2cc(F)c(N)nc2=O)CS1)N1CCC(c2ccccc2)CC1. The molecule has 0 aliphatic carbocycles. The number of anilines is 1. The number of aromatic nitrogens is 2. The maximum atomic E-state index is 14.4. The molecule has 3 heterocycles. The quantitative estimate of drug-likeness (QED) is 0.314. The van der Waals surface area contributed by atoms with Crippen LogP contribution in [0.25, 0.3) is 0 Å². The van der Waals surface area contributed by atoms with Gasteiger partial charge in [0.15, 0.2) is 11.6 Å². The summed E-state index contributed by atoms with van der Waals surface area (Å²) in [5.41, 5.74) is 4.00. The van der Waals surface area contributed by atoms with Crippen molar-refractivity contribution in [3.63, 3.8) is 0 Å². The number of ether oxygens (including phenoxy) is 2. The van der Waals surface area contributed by atoms with Gasteiger partial charge < -0.3 is 19.7 Å². The Labute approximate surface area is 231 Å². The lowest BCUT2D eigenvalue weighted by Crippen LogP contribution is -2.50. The van der Waals surface area contributed by atoms with Crippen molar-refractivity contribution in [2.24, 2.45) is 0 Å². The van der Waals surface area contributed by atoms with Crippen LogP contribution >= 0.6 is 19.4 Å². The molecule has 3 atom stereocenters. The molecule has 1 aromatic carbocycles. The van der Waals surface area contributed by atoms with Crippen molar-refractivity contribution < 1.29 is 27.7 Å². The second-order valence-corrected chi connectivity index (χ2v) is 13.2. The van der Waals surface area contributed by atoms with Crippen LogP contribution in [0.1, 0.15) is 51.3 Å². The van der Waals surface area contributed by atoms with Crippen molar-refractivity contribution in [2.45, 2.75) is 56.7 Å². The number of thioether (sulfide) groups is 1. The minimum Gasteiger partial charge on any atom is -0.465 e. The second-order valence-electron chi connectivity index (χ2n) is 9.93. The Morgan fingerprint density at radius 2 is 2.00 bits per heavy atom. The Morgan fingerprint density at radius 3 is 2.67 bits per heavy atom. The minimum absolute atomic E-state index is 0.0946. The highest BCUT2D eigenvalue weighted by Gasteiger charge is 2.44. The van der Waals surface area contributed by atoms with E-state index in [1.807, 2.05) is 18.2 Å². The maximum Gasteiger partial charge on any atom is 0.351 e. The van der Waals surface area contributed by atoms with Gasteiger partial charge in [-0.15, -0.1) is 11.8 Å². The van der Waals surface area contributed by atoms with Crippen molar-refractivity contribution in [3.8, 4) is 0 Å². The predicted octanol–water partition coefficient (Wildman–Crippen LogP) is 3.49. The molecule has 2 aliphatic rings. The number of hydrogen-bond donors (Lipinski definition) is 2. The molecule has 0 amide bonds. The first-order valence-electron chi connectivity index (χ1n) is 12.8. The van der Waals surface area contributed by atoms with E-state index in [1.54, 1.807) is 25.4 Å². The van der Waals surface area contributed by atoms with E-state index in [1.165, 1.54) is 17.3 Å². The Hall–Kier alpha value is -2.28. The largest absolute Gasteiger partial charge is 0.465 e. The summed E-state index contributed by atoms with van der Waals surface area (Å²) in [5.74, 6) is -1.19. The standard InChI is InChI=1S/C25H35FN5O6PS/c1-4-35-23(32)25(2,3)29-38(34,30-12-10-18(11-13-30)17-8-6-5-7-9-17)36-15-21-37-20(16-39-21)31-14-19(26)22(27)28-24(31)33/h5-9,14,18,20-21H,4,10-13,15-16H2,1-3H3,(H,29,34)(H2,27,28,33)/t20-,21+,38?/m0/s1. The van der Waals surface area contributed by atoms with Gasteiger partial charge in [0.2, 0.25) is 0 Å². The average molecular weight is 584 g/mol. The zero-order valence-electron chi connectivity index (χ0n) is 22.2. The first-order valence-corrected chi connectivity index (χ1v) is 15.5. The molecule has 1 aromatic heterocycles. The molecular formula is C25H35FN5O6PS. The van der Waals surface area contributed by atoms with Gasteiger partial charge in [-0.3, -0.25) is 13.9 Å². The number of halogens is 1. The molecule has 2 saturated heterocycles. The number of rotatable bonds is 10. The van der Waals surface area contributed by atoms with Gasteiger partial charge in [-0.2, -0.15) is 4.98 Å². The van der Waals surface area contributed by atoms with Crippen LogP contribution in [0.15, 0.2) is 41.3 Å². The molecule has 214 valence electrons. The number of nitrogen functional groups attached to an aromatic ring is 1. The highest BCUT2D eigenvalue weighted by molar-refractivity contribution is 8.00. The van der Waals surface area contributed by atoms with Gasteiger partial charge in [0.25, 0.3) is 0 Å².